The summed E-state index contributed by atoms with van der Waals surface area (Å²) in [6, 6.07) is 0. The molecule has 0 fully saturated rings. The summed E-state index contributed by atoms with van der Waals surface area (Å²) in [5, 5.41) is 0. The van der Waals surface area contributed by atoms with Gasteiger partial charge >= 0.3 is 11.9 Å². The molecule has 0 saturated heterocycles. The van der Waals surface area contributed by atoms with E-state index in [4.69, 9.17) is 9.47 Å². The van der Waals surface area contributed by atoms with Crippen LogP contribution < -0.4 is 0 Å². The van der Waals surface area contributed by atoms with E-state index < -0.39 is 0 Å². The second-order valence-electron chi connectivity index (χ2n) is 13.9. The maximum Gasteiger partial charge on any atom is 0.305 e. The van der Waals surface area contributed by atoms with Gasteiger partial charge in [-0.25, -0.2) is 0 Å². The third-order valence-electron chi connectivity index (χ3n) is 8.68. The molecule has 0 unspecified atom stereocenters. The fourth-order valence-corrected chi connectivity index (χ4v) is 5.22. The minimum absolute atomic E-state index is 0. The number of hydrogen-bond donors (Lipinski definition) is 2. The predicted octanol–water partition coefficient (Wildman–Crippen LogP) is 15.1. The SMILES string of the molecule is CCCC.CCCC.CCCCCCCCCCCCCCCC(=O)OCCS.CCCCCCCCCCCCCCCC(=O)OCCS.[Sn]. The van der Waals surface area contributed by atoms with Crippen molar-refractivity contribution in [2.75, 3.05) is 24.7 Å². The van der Waals surface area contributed by atoms with E-state index in [1.54, 1.807) is 0 Å². The number of hydrogen-bond acceptors (Lipinski definition) is 6. The van der Waals surface area contributed by atoms with Crippen molar-refractivity contribution < 1.29 is 19.1 Å². The van der Waals surface area contributed by atoms with Crippen molar-refractivity contribution in [3.8, 4) is 0 Å². The van der Waals surface area contributed by atoms with Crippen LogP contribution in [-0.4, -0.2) is 60.6 Å². The molecule has 51 heavy (non-hydrogen) atoms. The Morgan fingerprint density at radius 3 is 0.706 bits per heavy atom. The van der Waals surface area contributed by atoms with Gasteiger partial charge in [0.1, 0.15) is 13.2 Å². The molecule has 308 valence electrons. The third kappa shape index (κ3) is 72.4. The fourth-order valence-electron chi connectivity index (χ4n) is 5.04. The van der Waals surface area contributed by atoms with Crippen LogP contribution in [0.5, 0.6) is 0 Å². The second kappa shape index (κ2) is 62.4. The minimum Gasteiger partial charge on any atom is -0.465 e. The maximum absolute atomic E-state index is 11.2. The number of carbonyl (C=O) groups excluding carboxylic acids is 2. The summed E-state index contributed by atoms with van der Waals surface area (Å²) in [5.74, 6) is 1.11. The van der Waals surface area contributed by atoms with Gasteiger partial charge in [-0.2, -0.15) is 25.3 Å². The normalized spacial score (nSPS) is 10.0. The van der Waals surface area contributed by atoms with Crippen LogP contribution in [0.25, 0.3) is 0 Å². The summed E-state index contributed by atoms with van der Waals surface area (Å²) in [7, 11) is 0. The first kappa shape index (κ1) is 60.7. The molecule has 0 atom stereocenters. The molecule has 0 bridgehead atoms. The van der Waals surface area contributed by atoms with Crippen LogP contribution in [0.15, 0.2) is 0 Å². The zero-order valence-electron chi connectivity index (χ0n) is 35.5. The van der Waals surface area contributed by atoms with Gasteiger partial charge in [0.25, 0.3) is 0 Å². The first-order chi connectivity index (χ1) is 24.4. The summed E-state index contributed by atoms with van der Waals surface area (Å²) < 4.78 is 9.97. The van der Waals surface area contributed by atoms with Gasteiger partial charge in [-0.05, 0) is 12.8 Å². The van der Waals surface area contributed by atoms with E-state index in [9.17, 15) is 9.59 Å². The van der Waals surface area contributed by atoms with Gasteiger partial charge in [0.05, 0.1) is 0 Å². The maximum atomic E-state index is 11.2. The van der Waals surface area contributed by atoms with E-state index in [0.29, 0.717) is 37.6 Å². The molecule has 7 heteroatoms. The molecule has 0 aliphatic heterocycles. The molecule has 0 aromatic carbocycles. The molecule has 0 heterocycles. The quantitative estimate of drug-likeness (QED) is 0.0293. The Morgan fingerprint density at radius 1 is 0.333 bits per heavy atom. The van der Waals surface area contributed by atoms with Crippen molar-refractivity contribution in [1.29, 1.82) is 0 Å². The van der Waals surface area contributed by atoms with Crippen molar-refractivity contribution in [3.05, 3.63) is 0 Å². The van der Waals surface area contributed by atoms with Gasteiger partial charge in [-0.1, -0.05) is 221 Å². The van der Waals surface area contributed by atoms with E-state index in [2.05, 4.69) is 66.8 Å². The zero-order chi connectivity index (χ0) is 38.0. The monoisotopic (exact) mass is 869 g/mol. The molecule has 0 spiro atoms. The molecule has 0 saturated carbocycles. The summed E-state index contributed by atoms with van der Waals surface area (Å²) in [4.78, 5) is 22.5. The Morgan fingerprint density at radius 2 is 0.529 bits per heavy atom. The molecule has 0 amide bonds. The zero-order valence-corrected chi connectivity index (χ0v) is 40.1. The standard InChI is InChI=1S/2C18H36O2S.2C4H10.Sn/c2*1-2-3-4-5-6-7-8-9-10-11-12-13-14-15-18(19)20-16-17-21;2*1-3-4-2;/h2*21H,2-17H2,1H3;2*3-4H2,1-2H3;. The predicted molar refractivity (Wildman–Crippen MR) is 237 cm³/mol. The first-order valence-electron chi connectivity index (χ1n) is 22.0. The number of unbranched alkanes of at least 4 members (excludes halogenated alkanes) is 26. The molecule has 0 rings (SSSR count). The number of ether oxygens (including phenoxy) is 2. The average molecular weight is 868 g/mol. The largest absolute Gasteiger partial charge is 0.465 e. The second-order valence-corrected chi connectivity index (χ2v) is 14.8. The van der Waals surface area contributed by atoms with Crippen molar-refractivity contribution in [1.82, 2.24) is 0 Å². The molecule has 4 radical (unpaired) electrons. The molecular weight excluding hydrogens is 775 g/mol. The van der Waals surface area contributed by atoms with Crippen molar-refractivity contribution in [2.24, 2.45) is 0 Å². The summed E-state index contributed by atoms with van der Waals surface area (Å²) in [6.07, 6.45) is 41.0. The van der Waals surface area contributed by atoms with Gasteiger partial charge in [-0.15, -0.1) is 0 Å². The molecule has 0 aliphatic carbocycles. The molecule has 0 N–H and O–H groups in total. The smallest absolute Gasteiger partial charge is 0.305 e. The fraction of sp³-hybridized carbons (Fsp3) is 0.955. The Kier molecular flexibility index (Phi) is 74.3. The van der Waals surface area contributed by atoms with E-state index in [-0.39, 0.29) is 35.8 Å². The van der Waals surface area contributed by atoms with Crippen LogP contribution in [0.2, 0.25) is 0 Å². The van der Waals surface area contributed by atoms with E-state index in [1.165, 1.54) is 167 Å². The Bertz CT molecular complexity index is 541. The Balaban J connectivity index is -0.000000224. The molecular formula is C44H92O4S2Sn. The summed E-state index contributed by atoms with van der Waals surface area (Å²) >= 11 is 8.02. The van der Waals surface area contributed by atoms with Crippen LogP contribution in [-0.2, 0) is 19.1 Å². The Labute approximate surface area is 349 Å². The van der Waals surface area contributed by atoms with Crippen LogP contribution in [0.1, 0.15) is 247 Å². The number of thiol groups is 2. The van der Waals surface area contributed by atoms with E-state index >= 15 is 0 Å². The third-order valence-corrected chi connectivity index (χ3v) is 9.04. The van der Waals surface area contributed by atoms with Gasteiger partial charge < -0.3 is 9.47 Å². The van der Waals surface area contributed by atoms with Crippen LogP contribution >= 0.6 is 25.3 Å². The number of rotatable bonds is 34. The minimum atomic E-state index is -0.0628. The van der Waals surface area contributed by atoms with Crippen LogP contribution in [0.4, 0.5) is 0 Å². The van der Waals surface area contributed by atoms with Crippen LogP contribution in [0.3, 0.4) is 0 Å². The average Bonchev–Trinajstić information content (AvgIpc) is 3.14. The first-order valence-corrected chi connectivity index (χ1v) is 23.2. The van der Waals surface area contributed by atoms with E-state index in [1.807, 2.05) is 0 Å². The van der Waals surface area contributed by atoms with Gasteiger partial charge in [0, 0.05) is 48.3 Å². The van der Waals surface area contributed by atoms with Gasteiger partial charge in [-0.3, -0.25) is 9.59 Å². The van der Waals surface area contributed by atoms with Gasteiger partial charge in [0.15, 0.2) is 0 Å². The number of carbonyl (C=O) groups is 2. The molecule has 0 aromatic heterocycles. The molecule has 0 aromatic rings. The molecule has 0 aliphatic rings. The topological polar surface area (TPSA) is 52.6 Å². The summed E-state index contributed by atoms with van der Waals surface area (Å²) in [6.45, 7) is 14.1. The molecule has 4 nitrogen and oxygen atoms in total. The number of esters is 2. The van der Waals surface area contributed by atoms with Crippen molar-refractivity contribution in [2.45, 2.75) is 247 Å². The van der Waals surface area contributed by atoms with Crippen molar-refractivity contribution in [3.63, 3.8) is 0 Å². The van der Waals surface area contributed by atoms with Crippen molar-refractivity contribution >= 4 is 61.1 Å². The Hall–Kier alpha value is 0.439. The summed E-state index contributed by atoms with van der Waals surface area (Å²) in [5.41, 5.74) is 0. The van der Waals surface area contributed by atoms with E-state index in [0.717, 1.165) is 25.7 Å². The van der Waals surface area contributed by atoms with Gasteiger partial charge in [0.2, 0.25) is 0 Å². The van der Waals surface area contributed by atoms with Crippen LogP contribution in [0, 0.1) is 0 Å².